The lowest BCUT2D eigenvalue weighted by Crippen LogP contribution is -2.12. The van der Waals surface area contributed by atoms with Crippen molar-refractivity contribution in [3.63, 3.8) is 0 Å². The topological polar surface area (TPSA) is 56.7 Å². The molecule has 0 aliphatic rings. The Balaban J connectivity index is 1.32. The third-order valence-electron chi connectivity index (χ3n) is 7.71. The molecule has 39 heavy (non-hydrogen) atoms. The molecule has 0 saturated heterocycles. The lowest BCUT2D eigenvalue weighted by atomic mass is 9.83. The van der Waals surface area contributed by atoms with Gasteiger partial charge in [-0.1, -0.05) is 32.9 Å². The summed E-state index contributed by atoms with van der Waals surface area (Å²) in [6.45, 7) is 6.79. The van der Waals surface area contributed by atoms with E-state index in [4.69, 9.17) is 9.72 Å². The van der Waals surface area contributed by atoms with Gasteiger partial charge in [-0.05, 0) is 70.3 Å². The van der Waals surface area contributed by atoms with E-state index in [9.17, 15) is 0 Å². The maximum atomic E-state index is 6.48. The molecule has 0 bridgehead atoms. The summed E-state index contributed by atoms with van der Waals surface area (Å²) in [6.07, 6.45) is 11.4. The fourth-order valence-electron chi connectivity index (χ4n) is 5.98. The zero-order valence-electron chi connectivity index (χ0n) is 21.9. The third-order valence-corrected chi connectivity index (χ3v) is 7.71. The number of hydrogen-bond donors (Lipinski definition) is 0. The minimum Gasteiger partial charge on any atom is -0.457 e. The monoisotopic (exact) mass is 507 g/mol. The van der Waals surface area contributed by atoms with Crippen molar-refractivity contribution < 1.29 is 4.74 Å². The van der Waals surface area contributed by atoms with E-state index in [0.717, 1.165) is 55.4 Å². The van der Waals surface area contributed by atoms with Crippen molar-refractivity contribution in [2.45, 2.75) is 26.2 Å². The highest BCUT2D eigenvalue weighted by atomic mass is 16.5. The van der Waals surface area contributed by atoms with Crippen LogP contribution in [0.5, 0.6) is 11.5 Å². The van der Waals surface area contributed by atoms with Crippen molar-refractivity contribution in [3.05, 3.63) is 103 Å². The molecule has 0 radical (unpaired) electrons. The van der Waals surface area contributed by atoms with E-state index >= 15 is 0 Å². The fourth-order valence-corrected chi connectivity index (χ4v) is 5.98. The summed E-state index contributed by atoms with van der Waals surface area (Å²) in [5, 5.41) is 6.79. The predicted molar refractivity (Wildman–Crippen MR) is 157 cm³/mol. The normalized spacial score (nSPS) is 12.5. The molecule has 5 heterocycles. The summed E-state index contributed by atoms with van der Waals surface area (Å²) in [5.41, 5.74) is 5.32. The molecule has 188 valence electrons. The highest BCUT2D eigenvalue weighted by molar-refractivity contribution is 6.14. The molecular formula is C33H25N5O. The second kappa shape index (κ2) is 7.77. The average molecular weight is 508 g/mol. The number of aromatic nitrogens is 5. The first-order chi connectivity index (χ1) is 19.0. The molecular weight excluding hydrogens is 482 g/mol. The molecule has 0 unspecified atom stereocenters. The largest absolute Gasteiger partial charge is 0.457 e. The summed E-state index contributed by atoms with van der Waals surface area (Å²) in [4.78, 5) is 13.7. The van der Waals surface area contributed by atoms with Crippen molar-refractivity contribution in [1.82, 2.24) is 23.8 Å². The van der Waals surface area contributed by atoms with E-state index in [1.807, 2.05) is 49.3 Å². The maximum absolute atomic E-state index is 6.48. The zero-order valence-corrected chi connectivity index (χ0v) is 21.9. The number of benzene rings is 3. The van der Waals surface area contributed by atoms with E-state index in [1.165, 1.54) is 16.3 Å². The highest BCUT2D eigenvalue weighted by Crippen LogP contribution is 2.39. The molecule has 0 spiro atoms. The summed E-state index contributed by atoms with van der Waals surface area (Å²) in [7, 11) is 0. The van der Waals surface area contributed by atoms with Crippen LogP contribution in [0.25, 0.3) is 54.6 Å². The quantitative estimate of drug-likeness (QED) is 0.222. The number of fused-ring (bicyclic) bond motifs is 12. The lowest BCUT2D eigenvalue weighted by molar-refractivity contribution is 0.484. The average Bonchev–Trinajstić information content (AvgIpc) is 3.63. The van der Waals surface area contributed by atoms with E-state index in [0.29, 0.717) is 0 Å². The summed E-state index contributed by atoms with van der Waals surface area (Å²) < 4.78 is 10.7. The van der Waals surface area contributed by atoms with E-state index in [2.05, 4.69) is 88.1 Å². The molecule has 6 heteroatoms. The molecule has 3 aromatic carbocycles. The van der Waals surface area contributed by atoms with Gasteiger partial charge in [-0.25, -0.2) is 9.97 Å². The van der Waals surface area contributed by atoms with Gasteiger partial charge in [0, 0.05) is 52.5 Å². The van der Waals surface area contributed by atoms with Gasteiger partial charge >= 0.3 is 0 Å². The molecule has 0 aliphatic carbocycles. The van der Waals surface area contributed by atoms with E-state index < -0.39 is 0 Å². The fraction of sp³-hybridized carbons (Fsp3) is 0.121. The molecule has 0 fully saturated rings. The number of hydrogen-bond acceptors (Lipinski definition) is 4. The van der Waals surface area contributed by atoms with Gasteiger partial charge in [0.15, 0.2) is 0 Å². The van der Waals surface area contributed by atoms with Crippen LogP contribution in [0.15, 0.2) is 97.8 Å². The number of pyridine rings is 3. The van der Waals surface area contributed by atoms with Gasteiger partial charge in [0.2, 0.25) is 0 Å². The van der Waals surface area contributed by atoms with Crippen LogP contribution in [0.4, 0.5) is 0 Å². The van der Waals surface area contributed by atoms with Gasteiger partial charge < -0.3 is 4.74 Å². The molecule has 8 rings (SSSR count). The van der Waals surface area contributed by atoms with Crippen molar-refractivity contribution in [3.8, 4) is 11.5 Å². The van der Waals surface area contributed by atoms with Gasteiger partial charge in [0.1, 0.15) is 22.8 Å². The highest BCUT2D eigenvalue weighted by Gasteiger charge is 2.21. The zero-order chi connectivity index (χ0) is 26.3. The summed E-state index contributed by atoms with van der Waals surface area (Å²) in [6, 6.07) is 21.1. The predicted octanol–water partition coefficient (Wildman–Crippen LogP) is 8.08. The van der Waals surface area contributed by atoms with Crippen LogP contribution in [0.1, 0.15) is 26.3 Å². The SMILES string of the molecule is CC(C)(C)c1cccc2c1c1ccc(Oc3ccc4c5ccncc5n5ccnc5c4c3)cc1c1nccn21. The Hall–Kier alpha value is -4.97. The molecule has 0 aliphatic heterocycles. The minimum atomic E-state index is -0.000615. The lowest BCUT2D eigenvalue weighted by Gasteiger charge is -2.23. The molecule has 5 aromatic heterocycles. The van der Waals surface area contributed by atoms with Gasteiger partial charge in [-0.15, -0.1) is 0 Å². The first kappa shape index (κ1) is 22.1. The molecule has 6 nitrogen and oxygen atoms in total. The van der Waals surface area contributed by atoms with Gasteiger partial charge in [-0.2, -0.15) is 0 Å². The second-order valence-corrected chi connectivity index (χ2v) is 11.1. The summed E-state index contributed by atoms with van der Waals surface area (Å²) >= 11 is 0. The van der Waals surface area contributed by atoms with Gasteiger partial charge in [-0.3, -0.25) is 13.8 Å². The first-order valence-electron chi connectivity index (χ1n) is 13.1. The van der Waals surface area contributed by atoms with Crippen LogP contribution in [-0.4, -0.2) is 23.8 Å². The number of nitrogens with zero attached hydrogens (tertiary/aromatic N) is 5. The standard InChI is InChI=1S/C33H25N5O/c1-33(2,3)27-5-4-6-28-30(27)24-10-8-21(18-26(24)32-36-13-15-37(28)32)39-20-7-9-22-23-11-12-34-19-29(23)38-16-14-35-31(38)25(22)17-20/h4-19H,1-3H3. The molecule has 0 amide bonds. The van der Waals surface area contributed by atoms with E-state index in [1.54, 1.807) is 0 Å². The van der Waals surface area contributed by atoms with Crippen LogP contribution in [0, 0.1) is 0 Å². The van der Waals surface area contributed by atoms with Crippen LogP contribution >= 0.6 is 0 Å². The molecule has 0 atom stereocenters. The Morgan fingerprint density at radius 2 is 1.31 bits per heavy atom. The number of rotatable bonds is 2. The van der Waals surface area contributed by atoms with Crippen molar-refractivity contribution in [2.24, 2.45) is 0 Å². The Bertz CT molecular complexity index is 2250. The van der Waals surface area contributed by atoms with Crippen LogP contribution in [0.2, 0.25) is 0 Å². The van der Waals surface area contributed by atoms with Crippen molar-refractivity contribution >= 4 is 54.6 Å². The Kier molecular flexibility index (Phi) is 4.39. The Morgan fingerprint density at radius 3 is 2.03 bits per heavy atom. The Morgan fingerprint density at radius 1 is 0.641 bits per heavy atom. The summed E-state index contributed by atoms with van der Waals surface area (Å²) in [5.74, 6) is 1.53. The smallest absolute Gasteiger partial charge is 0.145 e. The van der Waals surface area contributed by atoms with Crippen molar-refractivity contribution in [1.29, 1.82) is 0 Å². The Labute approximate surface area is 224 Å². The molecule has 0 saturated carbocycles. The maximum Gasteiger partial charge on any atom is 0.145 e. The van der Waals surface area contributed by atoms with Crippen LogP contribution in [-0.2, 0) is 5.41 Å². The first-order valence-corrected chi connectivity index (χ1v) is 13.1. The number of ether oxygens (including phenoxy) is 1. The minimum absolute atomic E-state index is 0.000615. The van der Waals surface area contributed by atoms with Crippen LogP contribution in [0.3, 0.4) is 0 Å². The molecule has 8 aromatic rings. The number of imidazole rings is 2. The van der Waals surface area contributed by atoms with Gasteiger partial charge in [0.05, 0.1) is 17.2 Å². The van der Waals surface area contributed by atoms with E-state index in [-0.39, 0.29) is 5.41 Å². The van der Waals surface area contributed by atoms with Crippen LogP contribution < -0.4 is 4.74 Å². The molecule has 0 N–H and O–H groups in total. The van der Waals surface area contributed by atoms with Gasteiger partial charge in [0.25, 0.3) is 0 Å². The second-order valence-electron chi connectivity index (χ2n) is 11.1. The third kappa shape index (κ3) is 3.18. The van der Waals surface area contributed by atoms with Crippen molar-refractivity contribution in [2.75, 3.05) is 0 Å².